The molecule has 0 aliphatic carbocycles. The number of aryl methyl sites for hydroxylation is 1. The van der Waals surface area contributed by atoms with E-state index in [-0.39, 0.29) is 10.8 Å². The van der Waals surface area contributed by atoms with Crippen LogP contribution >= 0.6 is 11.6 Å². The smallest absolute Gasteiger partial charge is 0.258 e. The summed E-state index contributed by atoms with van der Waals surface area (Å²) in [6, 6.07) is 9.28. The van der Waals surface area contributed by atoms with Crippen LogP contribution in [0.1, 0.15) is 12.5 Å². The molecule has 0 unspecified atom stereocenters. The fourth-order valence-electron chi connectivity index (χ4n) is 1.66. The second-order valence-corrected chi connectivity index (χ2v) is 4.20. The summed E-state index contributed by atoms with van der Waals surface area (Å²) < 4.78 is 0. The second kappa shape index (κ2) is 5.14. The number of hydrogen-bond donors (Lipinski definition) is 0. The van der Waals surface area contributed by atoms with Crippen molar-refractivity contribution in [2.75, 3.05) is 0 Å². The molecule has 4 nitrogen and oxygen atoms in total. The van der Waals surface area contributed by atoms with Crippen LogP contribution < -0.4 is 0 Å². The monoisotopic (exact) mass is 262 g/mol. The number of nitro groups is 1. The Kier molecular flexibility index (Phi) is 3.58. The molecule has 1 aromatic heterocycles. The molecule has 2 rings (SSSR count). The lowest BCUT2D eigenvalue weighted by Gasteiger charge is -2.03. The minimum Gasteiger partial charge on any atom is -0.258 e. The zero-order valence-electron chi connectivity index (χ0n) is 9.76. The molecule has 18 heavy (non-hydrogen) atoms. The first-order valence-electron chi connectivity index (χ1n) is 5.51. The van der Waals surface area contributed by atoms with E-state index >= 15 is 0 Å². The normalized spacial score (nSPS) is 10.3. The van der Waals surface area contributed by atoms with Gasteiger partial charge in [0, 0.05) is 17.8 Å². The molecule has 1 heterocycles. The Balaban J connectivity index is 2.44. The van der Waals surface area contributed by atoms with Crippen molar-refractivity contribution in [2.24, 2.45) is 0 Å². The van der Waals surface area contributed by atoms with E-state index in [4.69, 9.17) is 11.6 Å². The predicted octanol–water partition coefficient (Wildman–Crippen LogP) is 3.87. The van der Waals surface area contributed by atoms with Crippen molar-refractivity contribution < 1.29 is 4.92 Å². The fourth-order valence-corrected chi connectivity index (χ4v) is 1.83. The van der Waals surface area contributed by atoms with Crippen molar-refractivity contribution in [1.29, 1.82) is 0 Å². The molecule has 0 amide bonds. The van der Waals surface area contributed by atoms with Crippen LogP contribution in [0.2, 0.25) is 5.15 Å². The Morgan fingerprint density at radius 1 is 1.28 bits per heavy atom. The van der Waals surface area contributed by atoms with Crippen molar-refractivity contribution in [3.8, 4) is 11.1 Å². The topological polar surface area (TPSA) is 56.0 Å². The molecule has 0 atom stereocenters. The quantitative estimate of drug-likeness (QED) is 0.479. The molecule has 2 aromatic rings. The predicted molar refractivity (Wildman–Crippen MR) is 70.7 cm³/mol. The van der Waals surface area contributed by atoms with Crippen LogP contribution in [0, 0.1) is 10.1 Å². The molecule has 0 saturated heterocycles. The first-order chi connectivity index (χ1) is 8.61. The SMILES string of the molecule is CCc1ccc(-c2cnc(Cl)c([N+](=O)[O-])c2)cc1. The molecule has 5 heteroatoms. The third-order valence-corrected chi connectivity index (χ3v) is 3.00. The Labute approximate surface area is 109 Å². The number of hydrogen-bond acceptors (Lipinski definition) is 3. The number of halogens is 1. The zero-order valence-corrected chi connectivity index (χ0v) is 10.5. The number of rotatable bonds is 3. The number of benzene rings is 1. The molecule has 0 saturated carbocycles. The van der Waals surface area contributed by atoms with E-state index in [9.17, 15) is 10.1 Å². The summed E-state index contributed by atoms with van der Waals surface area (Å²) in [6.07, 6.45) is 2.50. The third-order valence-electron chi connectivity index (χ3n) is 2.71. The number of aromatic nitrogens is 1. The highest BCUT2D eigenvalue weighted by Crippen LogP contribution is 2.28. The molecule has 0 spiro atoms. The zero-order chi connectivity index (χ0) is 13.1. The summed E-state index contributed by atoms with van der Waals surface area (Å²) in [7, 11) is 0. The maximum absolute atomic E-state index is 10.8. The highest BCUT2D eigenvalue weighted by molar-refractivity contribution is 6.31. The minimum absolute atomic E-state index is 0.0890. The van der Waals surface area contributed by atoms with Gasteiger partial charge in [-0.3, -0.25) is 10.1 Å². The molecule has 0 aliphatic rings. The van der Waals surface area contributed by atoms with Gasteiger partial charge in [-0.05, 0) is 17.5 Å². The summed E-state index contributed by atoms with van der Waals surface area (Å²) in [4.78, 5) is 14.1. The lowest BCUT2D eigenvalue weighted by atomic mass is 10.0. The van der Waals surface area contributed by atoms with Crippen molar-refractivity contribution in [2.45, 2.75) is 13.3 Å². The Hall–Kier alpha value is -1.94. The van der Waals surface area contributed by atoms with Gasteiger partial charge in [-0.1, -0.05) is 42.8 Å². The first-order valence-corrected chi connectivity index (χ1v) is 5.89. The van der Waals surface area contributed by atoms with Gasteiger partial charge in [-0.25, -0.2) is 4.98 Å². The summed E-state index contributed by atoms with van der Waals surface area (Å²) >= 11 is 5.67. The van der Waals surface area contributed by atoms with Gasteiger partial charge in [0.05, 0.1) is 4.92 Å². The molecule has 0 fully saturated rings. The Morgan fingerprint density at radius 3 is 2.50 bits per heavy atom. The fraction of sp³-hybridized carbons (Fsp3) is 0.154. The van der Waals surface area contributed by atoms with Crippen LogP contribution in [0.25, 0.3) is 11.1 Å². The van der Waals surface area contributed by atoms with Crippen LogP contribution in [-0.2, 0) is 6.42 Å². The standard InChI is InChI=1S/C13H11ClN2O2/c1-2-9-3-5-10(6-4-9)11-7-12(16(17)18)13(14)15-8-11/h3-8H,2H2,1H3. The van der Waals surface area contributed by atoms with Crippen LogP contribution in [0.5, 0.6) is 0 Å². The maximum atomic E-state index is 10.8. The van der Waals surface area contributed by atoms with E-state index in [1.807, 2.05) is 24.3 Å². The molecule has 0 bridgehead atoms. The molecule has 92 valence electrons. The van der Waals surface area contributed by atoms with E-state index in [0.29, 0.717) is 5.56 Å². The van der Waals surface area contributed by atoms with Gasteiger partial charge in [0.15, 0.2) is 0 Å². The summed E-state index contributed by atoms with van der Waals surface area (Å²) in [5, 5.41) is 10.7. The third kappa shape index (κ3) is 2.49. The van der Waals surface area contributed by atoms with Crippen molar-refractivity contribution in [3.05, 3.63) is 57.4 Å². The summed E-state index contributed by atoms with van der Waals surface area (Å²) in [5.74, 6) is 0. The molecule has 0 aliphatic heterocycles. The maximum Gasteiger partial charge on any atom is 0.307 e. The number of pyridine rings is 1. The molecule has 0 N–H and O–H groups in total. The van der Waals surface area contributed by atoms with E-state index in [0.717, 1.165) is 12.0 Å². The molecular weight excluding hydrogens is 252 g/mol. The van der Waals surface area contributed by atoms with E-state index in [2.05, 4.69) is 11.9 Å². The largest absolute Gasteiger partial charge is 0.307 e. The van der Waals surface area contributed by atoms with Gasteiger partial charge < -0.3 is 0 Å². The summed E-state index contributed by atoms with van der Waals surface area (Å²) in [5.41, 5.74) is 2.62. The summed E-state index contributed by atoms with van der Waals surface area (Å²) in [6.45, 7) is 2.07. The van der Waals surface area contributed by atoms with Gasteiger partial charge in [0.25, 0.3) is 0 Å². The lowest BCUT2D eigenvalue weighted by molar-refractivity contribution is -0.385. The minimum atomic E-state index is -0.529. The highest BCUT2D eigenvalue weighted by atomic mass is 35.5. The average Bonchev–Trinajstić information content (AvgIpc) is 2.39. The number of nitrogens with zero attached hydrogens (tertiary/aromatic N) is 2. The Morgan fingerprint density at radius 2 is 1.94 bits per heavy atom. The Bertz CT molecular complexity index is 582. The molecule has 1 aromatic carbocycles. The van der Waals surface area contributed by atoms with Gasteiger partial charge in [0.1, 0.15) is 0 Å². The molecule has 0 radical (unpaired) electrons. The first kappa shape index (κ1) is 12.5. The van der Waals surface area contributed by atoms with E-state index in [1.54, 1.807) is 0 Å². The molecular formula is C13H11ClN2O2. The average molecular weight is 263 g/mol. The van der Waals surface area contributed by atoms with Crippen LogP contribution in [0.4, 0.5) is 5.69 Å². The van der Waals surface area contributed by atoms with E-state index < -0.39 is 4.92 Å². The van der Waals surface area contributed by atoms with Gasteiger partial charge in [-0.2, -0.15) is 0 Å². The van der Waals surface area contributed by atoms with E-state index in [1.165, 1.54) is 17.8 Å². The van der Waals surface area contributed by atoms with Gasteiger partial charge in [-0.15, -0.1) is 0 Å². The van der Waals surface area contributed by atoms with Gasteiger partial charge >= 0.3 is 5.69 Å². The van der Waals surface area contributed by atoms with Crippen LogP contribution in [0.3, 0.4) is 0 Å². The lowest BCUT2D eigenvalue weighted by Crippen LogP contribution is -1.92. The van der Waals surface area contributed by atoms with Crippen molar-refractivity contribution >= 4 is 17.3 Å². The second-order valence-electron chi connectivity index (χ2n) is 3.84. The van der Waals surface area contributed by atoms with Crippen LogP contribution in [-0.4, -0.2) is 9.91 Å². The van der Waals surface area contributed by atoms with Crippen molar-refractivity contribution in [3.63, 3.8) is 0 Å². The highest BCUT2D eigenvalue weighted by Gasteiger charge is 2.14. The van der Waals surface area contributed by atoms with Crippen LogP contribution in [0.15, 0.2) is 36.5 Å². The van der Waals surface area contributed by atoms with Crippen molar-refractivity contribution in [1.82, 2.24) is 4.98 Å². The van der Waals surface area contributed by atoms with Gasteiger partial charge in [0.2, 0.25) is 5.15 Å².